The van der Waals surface area contributed by atoms with Crippen molar-refractivity contribution in [2.24, 2.45) is 0 Å². The second kappa shape index (κ2) is 4.91. The molecule has 0 aliphatic carbocycles. The van der Waals surface area contributed by atoms with Crippen molar-refractivity contribution in [1.29, 1.82) is 0 Å². The van der Waals surface area contributed by atoms with Gasteiger partial charge in [-0.2, -0.15) is 5.10 Å². The largest absolute Gasteiger partial charge is 0.491 e. The van der Waals surface area contributed by atoms with Gasteiger partial charge in [0.1, 0.15) is 11.4 Å². The van der Waals surface area contributed by atoms with Crippen molar-refractivity contribution in [3.05, 3.63) is 36.2 Å². The summed E-state index contributed by atoms with van der Waals surface area (Å²) in [5, 5.41) is 4.36. The van der Waals surface area contributed by atoms with Crippen LogP contribution in [0.25, 0.3) is 5.69 Å². The summed E-state index contributed by atoms with van der Waals surface area (Å²) >= 11 is 0. The van der Waals surface area contributed by atoms with E-state index in [-0.39, 0.29) is 0 Å². The molecule has 17 heavy (non-hydrogen) atoms. The van der Waals surface area contributed by atoms with E-state index in [0.29, 0.717) is 12.3 Å². The van der Waals surface area contributed by atoms with Gasteiger partial charge in [-0.15, -0.1) is 0 Å². The van der Waals surface area contributed by atoms with E-state index in [9.17, 15) is 0 Å². The Balaban J connectivity index is 2.37. The zero-order chi connectivity index (χ0) is 12.3. The molecule has 0 atom stereocenters. The van der Waals surface area contributed by atoms with Gasteiger partial charge in [0.25, 0.3) is 0 Å². The van der Waals surface area contributed by atoms with E-state index < -0.39 is 0 Å². The Bertz CT molecular complexity index is 486. The second-order valence-corrected chi connectivity index (χ2v) is 3.93. The number of rotatable bonds is 4. The molecule has 0 radical (unpaired) electrons. The Labute approximate surface area is 101 Å². The van der Waals surface area contributed by atoms with Crippen LogP contribution in [-0.2, 0) is 0 Å². The van der Waals surface area contributed by atoms with E-state index in [2.05, 4.69) is 12.0 Å². The van der Waals surface area contributed by atoms with Crippen molar-refractivity contribution in [2.75, 3.05) is 12.3 Å². The van der Waals surface area contributed by atoms with Crippen LogP contribution in [0.3, 0.4) is 0 Å². The normalized spacial score (nSPS) is 10.5. The average molecular weight is 231 g/mol. The summed E-state index contributed by atoms with van der Waals surface area (Å²) in [7, 11) is 0. The molecule has 0 saturated carbocycles. The quantitative estimate of drug-likeness (QED) is 0.879. The van der Waals surface area contributed by atoms with Gasteiger partial charge in [0.2, 0.25) is 0 Å². The lowest BCUT2D eigenvalue weighted by atomic mass is 10.3. The van der Waals surface area contributed by atoms with Crippen molar-refractivity contribution >= 4 is 5.69 Å². The maximum atomic E-state index is 5.80. The Morgan fingerprint density at radius 1 is 1.35 bits per heavy atom. The first-order valence-corrected chi connectivity index (χ1v) is 5.76. The molecule has 2 N–H and O–H groups in total. The van der Waals surface area contributed by atoms with Crippen LogP contribution in [0, 0.1) is 6.92 Å². The van der Waals surface area contributed by atoms with Crippen LogP contribution in [-0.4, -0.2) is 16.4 Å². The van der Waals surface area contributed by atoms with E-state index in [0.717, 1.165) is 23.6 Å². The van der Waals surface area contributed by atoms with Crippen LogP contribution >= 0.6 is 0 Å². The first kappa shape index (κ1) is 11.5. The number of aryl methyl sites for hydroxylation is 1. The van der Waals surface area contributed by atoms with Crippen LogP contribution < -0.4 is 10.5 Å². The van der Waals surface area contributed by atoms with Crippen LogP contribution in [0.4, 0.5) is 5.69 Å². The Morgan fingerprint density at radius 3 is 2.76 bits per heavy atom. The molecular weight excluding hydrogens is 214 g/mol. The number of para-hydroxylation sites is 2. The molecule has 90 valence electrons. The maximum Gasteiger partial charge on any atom is 0.144 e. The summed E-state index contributed by atoms with van der Waals surface area (Å²) in [5.41, 5.74) is 8.24. The molecule has 0 spiro atoms. The van der Waals surface area contributed by atoms with Crippen molar-refractivity contribution in [1.82, 2.24) is 9.78 Å². The molecule has 4 heteroatoms. The monoisotopic (exact) mass is 231 g/mol. The number of nitrogens with zero attached hydrogens (tertiary/aromatic N) is 2. The zero-order valence-electron chi connectivity index (χ0n) is 10.2. The summed E-state index contributed by atoms with van der Waals surface area (Å²) in [6.45, 7) is 4.67. The molecule has 1 aromatic carbocycles. The van der Waals surface area contributed by atoms with Gasteiger partial charge in [-0.3, -0.25) is 0 Å². The number of nitrogens with two attached hydrogens (primary N) is 1. The van der Waals surface area contributed by atoms with Gasteiger partial charge in [-0.1, -0.05) is 19.1 Å². The summed E-state index contributed by atoms with van der Waals surface area (Å²) in [6.07, 6.45) is 2.79. The molecule has 0 saturated heterocycles. The number of hydrogen-bond acceptors (Lipinski definition) is 3. The van der Waals surface area contributed by atoms with Crippen LogP contribution in [0.5, 0.6) is 5.75 Å². The molecule has 0 aliphatic heterocycles. The first-order valence-electron chi connectivity index (χ1n) is 5.76. The number of anilines is 1. The van der Waals surface area contributed by atoms with Crippen molar-refractivity contribution in [3.8, 4) is 11.4 Å². The highest BCUT2D eigenvalue weighted by molar-refractivity contribution is 5.49. The van der Waals surface area contributed by atoms with Gasteiger partial charge in [0.05, 0.1) is 24.2 Å². The summed E-state index contributed by atoms with van der Waals surface area (Å²) in [5.74, 6) is 0.830. The standard InChI is InChI=1S/C13H17N3O/c1-3-8-17-13-7-5-4-6-12(13)16-9-11(14)10(2)15-16/h4-7,9H,3,8,14H2,1-2H3. The van der Waals surface area contributed by atoms with Gasteiger partial charge in [-0.25, -0.2) is 4.68 Å². The minimum atomic E-state index is 0.690. The predicted molar refractivity (Wildman–Crippen MR) is 68.5 cm³/mol. The molecule has 0 unspecified atom stereocenters. The van der Waals surface area contributed by atoms with Gasteiger partial charge in [0.15, 0.2) is 0 Å². The molecule has 0 bridgehead atoms. The number of ether oxygens (including phenoxy) is 1. The maximum absolute atomic E-state index is 5.80. The number of benzene rings is 1. The van der Waals surface area contributed by atoms with Gasteiger partial charge in [-0.05, 0) is 25.5 Å². The van der Waals surface area contributed by atoms with E-state index in [1.165, 1.54) is 0 Å². The Kier molecular flexibility index (Phi) is 3.32. The highest BCUT2D eigenvalue weighted by Gasteiger charge is 2.08. The molecule has 1 heterocycles. The SMILES string of the molecule is CCCOc1ccccc1-n1cc(N)c(C)n1. The molecule has 1 aromatic heterocycles. The van der Waals surface area contributed by atoms with Crippen molar-refractivity contribution in [2.45, 2.75) is 20.3 Å². The molecule has 0 aliphatic rings. The smallest absolute Gasteiger partial charge is 0.144 e. The van der Waals surface area contributed by atoms with Gasteiger partial charge < -0.3 is 10.5 Å². The highest BCUT2D eigenvalue weighted by Crippen LogP contribution is 2.23. The van der Waals surface area contributed by atoms with E-state index in [1.807, 2.05) is 37.4 Å². The minimum absolute atomic E-state index is 0.690. The van der Waals surface area contributed by atoms with Gasteiger partial charge in [0, 0.05) is 0 Å². The predicted octanol–water partition coefficient (Wildman–Crippen LogP) is 2.55. The second-order valence-electron chi connectivity index (χ2n) is 3.93. The van der Waals surface area contributed by atoms with E-state index >= 15 is 0 Å². The number of nitrogen functional groups attached to an aromatic ring is 1. The number of hydrogen-bond donors (Lipinski definition) is 1. The van der Waals surface area contributed by atoms with E-state index in [1.54, 1.807) is 4.68 Å². The lowest BCUT2D eigenvalue weighted by Crippen LogP contribution is -2.02. The number of aromatic nitrogens is 2. The highest BCUT2D eigenvalue weighted by atomic mass is 16.5. The van der Waals surface area contributed by atoms with Crippen molar-refractivity contribution < 1.29 is 4.74 Å². The Hall–Kier alpha value is -1.97. The summed E-state index contributed by atoms with van der Waals surface area (Å²) < 4.78 is 7.45. The third-order valence-electron chi connectivity index (χ3n) is 2.51. The molecular formula is C13H17N3O. The fourth-order valence-corrected chi connectivity index (χ4v) is 1.58. The molecule has 2 aromatic rings. The topological polar surface area (TPSA) is 53.1 Å². The molecule has 0 fully saturated rings. The molecule has 4 nitrogen and oxygen atoms in total. The average Bonchev–Trinajstić information content (AvgIpc) is 2.67. The third-order valence-corrected chi connectivity index (χ3v) is 2.51. The van der Waals surface area contributed by atoms with Gasteiger partial charge >= 0.3 is 0 Å². The lowest BCUT2D eigenvalue weighted by molar-refractivity contribution is 0.316. The zero-order valence-corrected chi connectivity index (χ0v) is 10.2. The summed E-state index contributed by atoms with van der Waals surface area (Å²) in [6, 6.07) is 7.82. The van der Waals surface area contributed by atoms with Crippen LogP contribution in [0.15, 0.2) is 30.5 Å². The Morgan fingerprint density at radius 2 is 2.12 bits per heavy atom. The van der Waals surface area contributed by atoms with Crippen LogP contribution in [0.2, 0.25) is 0 Å². The fraction of sp³-hybridized carbons (Fsp3) is 0.308. The fourth-order valence-electron chi connectivity index (χ4n) is 1.58. The summed E-state index contributed by atoms with van der Waals surface area (Å²) in [4.78, 5) is 0. The lowest BCUT2D eigenvalue weighted by Gasteiger charge is -2.10. The van der Waals surface area contributed by atoms with Crippen molar-refractivity contribution in [3.63, 3.8) is 0 Å². The molecule has 2 rings (SSSR count). The first-order chi connectivity index (χ1) is 8.22. The van der Waals surface area contributed by atoms with E-state index in [4.69, 9.17) is 10.5 Å². The molecule has 0 amide bonds. The third kappa shape index (κ3) is 2.41. The van der Waals surface area contributed by atoms with Crippen LogP contribution in [0.1, 0.15) is 19.0 Å². The minimum Gasteiger partial charge on any atom is -0.491 e.